The van der Waals surface area contributed by atoms with Crippen LogP contribution in [0.3, 0.4) is 0 Å². The van der Waals surface area contributed by atoms with Crippen LogP contribution in [-0.2, 0) is 56.3 Å². The third-order valence-corrected chi connectivity index (χ3v) is 9.41. The van der Waals surface area contributed by atoms with E-state index in [0.717, 1.165) is 11.1 Å². The largest absolute Gasteiger partial charge is 0.490 e. The van der Waals surface area contributed by atoms with Crippen molar-refractivity contribution in [3.8, 4) is 11.4 Å². The van der Waals surface area contributed by atoms with Gasteiger partial charge in [0.05, 0.1) is 29.0 Å². The van der Waals surface area contributed by atoms with Gasteiger partial charge in [0.2, 0.25) is 0 Å². The number of primary amides is 1. The first-order valence-electron chi connectivity index (χ1n) is 15.2. The Labute approximate surface area is 274 Å². The van der Waals surface area contributed by atoms with Gasteiger partial charge in [-0.3, -0.25) is 4.79 Å². The van der Waals surface area contributed by atoms with Crippen LogP contribution >= 0.6 is 0 Å². The number of hydrogen-bond donors (Lipinski definition) is 3. The van der Waals surface area contributed by atoms with Crippen LogP contribution in [0.5, 0.6) is 0 Å². The number of rotatable bonds is 4. The van der Waals surface area contributed by atoms with Crippen LogP contribution in [0.2, 0.25) is 0 Å². The number of aryl methyl sites for hydroxylation is 1. The number of pyridine rings is 2. The van der Waals surface area contributed by atoms with Crippen molar-refractivity contribution in [1.82, 2.24) is 9.55 Å². The van der Waals surface area contributed by atoms with E-state index in [9.17, 15) is 32.7 Å². The predicted octanol–water partition coefficient (Wildman–Crippen LogP) is 4.64. The summed E-state index contributed by atoms with van der Waals surface area (Å²) in [7, 11) is 0. The molecule has 4 aromatic rings. The molecule has 2 aliphatic heterocycles. The molecule has 4 N–H and O–H groups in total. The molecule has 0 saturated carbocycles. The van der Waals surface area contributed by atoms with E-state index in [1.807, 2.05) is 30.3 Å². The molecular formula is C34H29F4N3O8. The quantitative estimate of drug-likeness (QED) is 0.180. The molecule has 4 heterocycles. The zero-order valence-corrected chi connectivity index (χ0v) is 26.1. The molecule has 0 saturated heterocycles. The molecular weight excluding hydrogens is 654 g/mol. The van der Waals surface area contributed by atoms with Gasteiger partial charge in [-0.2, -0.15) is 13.2 Å². The maximum atomic E-state index is 15.2. The minimum absolute atomic E-state index is 0.00543. The molecule has 3 aliphatic rings. The topological polar surface area (TPSA) is 171 Å². The lowest BCUT2D eigenvalue weighted by Gasteiger charge is -2.39. The number of carboxylic acids is 1. The van der Waals surface area contributed by atoms with Crippen molar-refractivity contribution in [1.29, 1.82) is 0 Å². The fourth-order valence-corrected chi connectivity index (χ4v) is 7.09. The Hall–Kier alpha value is -5.31. The molecule has 1 amide bonds. The number of carbonyl (C=O) groups excluding carboxylic acids is 2. The van der Waals surface area contributed by atoms with E-state index in [4.69, 9.17) is 30.1 Å². The average molecular weight is 684 g/mol. The van der Waals surface area contributed by atoms with Gasteiger partial charge in [-0.05, 0) is 48.9 Å². The van der Waals surface area contributed by atoms with E-state index in [1.165, 1.54) is 10.6 Å². The second-order valence-electron chi connectivity index (χ2n) is 12.2. The van der Waals surface area contributed by atoms with Gasteiger partial charge in [0.1, 0.15) is 18.0 Å². The minimum Gasteiger partial charge on any atom is -0.475 e. The molecule has 11 nitrogen and oxygen atoms in total. The fraction of sp³-hybridized carbons (Fsp3) is 0.324. The molecule has 1 aliphatic carbocycles. The van der Waals surface area contributed by atoms with Gasteiger partial charge in [-0.1, -0.05) is 37.3 Å². The molecule has 0 unspecified atom stereocenters. The number of nitrogens with two attached hydrogens (primary N) is 1. The highest BCUT2D eigenvalue weighted by Crippen LogP contribution is 2.50. The molecule has 2 atom stereocenters. The van der Waals surface area contributed by atoms with Gasteiger partial charge in [-0.25, -0.2) is 23.8 Å². The number of cyclic esters (lactones) is 1. The highest BCUT2D eigenvalue weighted by atomic mass is 19.4. The van der Waals surface area contributed by atoms with Crippen LogP contribution in [0.15, 0.2) is 47.3 Å². The number of hydrogen-bond acceptors (Lipinski definition) is 8. The maximum absolute atomic E-state index is 15.2. The summed E-state index contributed by atoms with van der Waals surface area (Å²) >= 11 is 0. The number of ether oxygens (including phenoxy) is 2. The van der Waals surface area contributed by atoms with Crippen LogP contribution in [0.4, 0.5) is 22.4 Å². The van der Waals surface area contributed by atoms with Gasteiger partial charge < -0.3 is 30.0 Å². The normalized spacial score (nSPS) is 20.3. The molecule has 7 rings (SSSR count). The number of fused-ring (bicyclic) bond motifs is 5. The predicted molar refractivity (Wildman–Crippen MR) is 164 cm³/mol. The smallest absolute Gasteiger partial charge is 0.475 e. The number of carbonyl (C=O) groups is 3. The molecule has 49 heavy (non-hydrogen) atoms. The van der Waals surface area contributed by atoms with Crippen molar-refractivity contribution in [2.24, 2.45) is 5.73 Å². The van der Waals surface area contributed by atoms with E-state index in [-0.39, 0.29) is 30.7 Å². The third kappa shape index (κ3) is 5.37. The lowest BCUT2D eigenvalue weighted by atomic mass is 9.72. The number of aliphatic carboxylic acids is 1. The number of alkyl halides is 3. The number of amides is 1. The minimum atomic E-state index is -5.08. The van der Waals surface area contributed by atoms with Crippen molar-refractivity contribution < 1.29 is 51.6 Å². The van der Waals surface area contributed by atoms with Gasteiger partial charge in [-0.15, -0.1) is 0 Å². The summed E-state index contributed by atoms with van der Waals surface area (Å²) < 4.78 is 59.7. The van der Waals surface area contributed by atoms with Gasteiger partial charge in [0.15, 0.2) is 5.60 Å². The number of benzene rings is 2. The summed E-state index contributed by atoms with van der Waals surface area (Å²) in [5.41, 5.74) is 7.06. The summed E-state index contributed by atoms with van der Waals surface area (Å²) in [4.78, 5) is 52.7. The van der Waals surface area contributed by atoms with Gasteiger partial charge >= 0.3 is 24.2 Å². The Balaban J connectivity index is 0.000000540. The van der Waals surface area contributed by atoms with E-state index >= 15 is 4.39 Å². The van der Waals surface area contributed by atoms with Crippen molar-refractivity contribution >= 4 is 28.9 Å². The van der Waals surface area contributed by atoms with Crippen LogP contribution in [0, 0.1) is 12.7 Å². The van der Waals surface area contributed by atoms with Crippen molar-refractivity contribution in [2.45, 2.75) is 70.1 Å². The van der Waals surface area contributed by atoms with Crippen LogP contribution in [0.1, 0.15) is 58.7 Å². The molecule has 0 bridgehead atoms. The molecule has 2 aromatic heterocycles. The Morgan fingerprint density at radius 3 is 2.41 bits per heavy atom. The number of carboxylic acid groups (broad SMARTS) is 1. The van der Waals surface area contributed by atoms with Crippen molar-refractivity contribution in [3.05, 3.63) is 97.6 Å². The zero-order valence-electron chi connectivity index (χ0n) is 26.1. The van der Waals surface area contributed by atoms with Gasteiger partial charge in [0.25, 0.3) is 5.56 Å². The van der Waals surface area contributed by atoms with Crippen molar-refractivity contribution in [3.63, 3.8) is 0 Å². The Kier molecular flexibility index (Phi) is 8.01. The number of esters is 1. The Bertz CT molecular complexity index is 2130. The molecule has 0 radical (unpaired) electrons. The first-order chi connectivity index (χ1) is 23.0. The van der Waals surface area contributed by atoms with Crippen LogP contribution in [0.25, 0.3) is 22.3 Å². The van der Waals surface area contributed by atoms with E-state index in [1.54, 1.807) is 19.9 Å². The second kappa shape index (κ2) is 11.7. The molecule has 0 spiro atoms. The third-order valence-electron chi connectivity index (χ3n) is 9.41. The van der Waals surface area contributed by atoms with Gasteiger partial charge in [0, 0.05) is 34.6 Å². The van der Waals surface area contributed by atoms with Crippen molar-refractivity contribution in [2.75, 3.05) is 0 Å². The zero-order chi connectivity index (χ0) is 35.6. The number of halogens is 4. The second-order valence-corrected chi connectivity index (χ2v) is 12.2. The Morgan fingerprint density at radius 2 is 1.80 bits per heavy atom. The van der Waals surface area contributed by atoms with E-state index in [2.05, 4.69) is 0 Å². The first-order valence-corrected chi connectivity index (χ1v) is 15.2. The fourth-order valence-electron chi connectivity index (χ4n) is 7.09. The monoisotopic (exact) mass is 683 g/mol. The number of aliphatic hydroxyl groups is 1. The molecule has 2 aromatic carbocycles. The molecule has 15 heteroatoms. The summed E-state index contributed by atoms with van der Waals surface area (Å²) in [6.45, 7) is 3.19. The van der Waals surface area contributed by atoms with E-state index in [0.29, 0.717) is 58.2 Å². The number of aromatic nitrogens is 2. The highest BCUT2D eigenvalue weighted by molar-refractivity contribution is 5.94. The maximum Gasteiger partial charge on any atom is 0.490 e. The average Bonchev–Trinajstić information content (AvgIpc) is 3.41. The Morgan fingerprint density at radius 1 is 1.12 bits per heavy atom. The standard InChI is InChI=1S/C32H28FN3O6.C2HF3O2/c1-3-32(40)21-11-24-27-19(14-36(24)28(37)20(21)15-41-29(32)38)26-25-18(16(2)22(33)12-23(25)35-27)9-10-31(26,42-30(34)39)13-17-7-5-4-6-8-17;3-2(4,5)1(6)7/h4-8,11-12,40H,3,9-10,13-15H2,1-2H3,(H2,34,39);(H,6,7)/t31-,32-;/m0./s1. The lowest BCUT2D eigenvalue weighted by molar-refractivity contribution is -0.192. The molecule has 0 fully saturated rings. The summed E-state index contributed by atoms with van der Waals surface area (Å²) in [6, 6.07) is 12.5. The SMILES string of the molecule is CC[C@@]1(O)C(=O)OCc2c1cc1n(c2=O)Cc2c-1nc1cc(F)c(C)c3c1c2[C@](Cc1ccccc1)(OC(N)=O)CC3.O=C(O)C(F)(F)F. The van der Waals surface area contributed by atoms with Crippen LogP contribution < -0.4 is 11.3 Å². The summed E-state index contributed by atoms with van der Waals surface area (Å²) in [6.07, 6.45) is -4.95. The molecule has 256 valence electrons. The first kappa shape index (κ1) is 33.6. The summed E-state index contributed by atoms with van der Waals surface area (Å²) in [5, 5.41) is 19.1. The summed E-state index contributed by atoms with van der Waals surface area (Å²) in [5.74, 6) is -3.99. The number of nitrogens with zero attached hydrogens (tertiary/aromatic N) is 2. The van der Waals surface area contributed by atoms with E-state index < -0.39 is 46.8 Å². The highest BCUT2D eigenvalue weighted by Gasteiger charge is 2.48. The lowest BCUT2D eigenvalue weighted by Crippen LogP contribution is -2.44. The van der Waals surface area contributed by atoms with Crippen LogP contribution in [-0.4, -0.2) is 44.0 Å².